The molecule has 0 bridgehead atoms. The summed E-state index contributed by atoms with van der Waals surface area (Å²) in [6, 6.07) is 9.83. The molecule has 0 N–H and O–H groups in total. The van der Waals surface area contributed by atoms with Crippen molar-refractivity contribution < 1.29 is 27.8 Å². The number of benzene rings is 2. The van der Waals surface area contributed by atoms with Crippen molar-refractivity contribution in [3.05, 3.63) is 71.3 Å². The molecule has 1 saturated carbocycles. The van der Waals surface area contributed by atoms with Crippen molar-refractivity contribution in [3.63, 3.8) is 0 Å². The molecule has 2 aromatic carbocycles. The van der Waals surface area contributed by atoms with Crippen molar-refractivity contribution in [3.8, 4) is 0 Å². The van der Waals surface area contributed by atoms with E-state index in [9.17, 15) is 18.4 Å². The van der Waals surface area contributed by atoms with Crippen LogP contribution in [0.5, 0.6) is 0 Å². The predicted molar refractivity (Wildman–Crippen MR) is 94.8 cm³/mol. The fourth-order valence-electron chi connectivity index (χ4n) is 2.58. The molecule has 0 amide bonds. The summed E-state index contributed by atoms with van der Waals surface area (Å²) in [5.74, 6) is -3.01. The van der Waals surface area contributed by atoms with Gasteiger partial charge in [0.25, 0.3) is 0 Å². The number of rotatable bonds is 6. The highest BCUT2D eigenvalue weighted by molar-refractivity contribution is 6.51. The largest absolute Gasteiger partial charge is 0.462 e. The Morgan fingerprint density at radius 3 is 1.44 bits per heavy atom. The average molecular weight is 415 g/mol. The standard InChI is InChI=1S/C19H14Cl2F2O4/c20-19(21)15(9-26-17(24)11-1-5-13(22)6-2-11)16(19)10-27-18(25)12-3-7-14(23)8-4-12/h1-8,15-16H,9-10H2/t15-,16-/m0/s1. The SMILES string of the molecule is O=C(OC[C@H]1[C@H](COC(=O)c2ccc(F)cc2)C1(Cl)Cl)c1ccc(F)cc1. The van der Waals surface area contributed by atoms with Crippen LogP contribution in [-0.2, 0) is 9.47 Å². The van der Waals surface area contributed by atoms with E-state index in [2.05, 4.69) is 0 Å². The van der Waals surface area contributed by atoms with E-state index in [1.165, 1.54) is 24.3 Å². The number of carbonyl (C=O) groups is 2. The highest BCUT2D eigenvalue weighted by Crippen LogP contribution is 2.59. The van der Waals surface area contributed by atoms with Gasteiger partial charge >= 0.3 is 11.9 Å². The van der Waals surface area contributed by atoms with Crippen LogP contribution in [-0.4, -0.2) is 29.5 Å². The summed E-state index contributed by atoms with van der Waals surface area (Å²) < 4.78 is 34.9. The lowest BCUT2D eigenvalue weighted by Crippen LogP contribution is -2.11. The van der Waals surface area contributed by atoms with E-state index >= 15 is 0 Å². The minimum absolute atomic E-state index is 0.0675. The van der Waals surface area contributed by atoms with E-state index in [1.54, 1.807) is 0 Å². The lowest BCUT2D eigenvalue weighted by molar-refractivity contribution is 0.0419. The van der Waals surface area contributed by atoms with E-state index in [-0.39, 0.29) is 24.3 Å². The molecule has 0 aliphatic heterocycles. The van der Waals surface area contributed by atoms with Crippen molar-refractivity contribution in [1.29, 1.82) is 0 Å². The zero-order valence-corrected chi connectivity index (χ0v) is 15.3. The first-order valence-corrected chi connectivity index (χ1v) is 8.78. The first kappa shape index (κ1) is 19.6. The van der Waals surface area contributed by atoms with Gasteiger partial charge in [0.05, 0.1) is 24.3 Å². The molecule has 4 nitrogen and oxygen atoms in total. The Hall–Kier alpha value is -2.18. The summed E-state index contributed by atoms with van der Waals surface area (Å²) in [7, 11) is 0. The van der Waals surface area contributed by atoms with E-state index < -0.39 is 39.7 Å². The summed E-state index contributed by atoms with van der Waals surface area (Å²) in [6.45, 7) is -0.135. The molecule has 142 valence electrons. The van der Waals surface area contributed by atoms with Crippen LogP contribution in [0.2, 0.25) is 0 Å². The molecular weight excluding hydrogens is 401 g/mol. The van der Waals surface area contributed by atoms with Gasteiger partial charge in [0.2, 0.25) is 0 Å². The molecule has 0 spiro atoms. The molecular formula is C19H14Cl2F2O4. The van der Waals surface area contributed by atoms with E-state index in [0.717, 1.165) is 24.3 Å². The third kappa shape index (κ3) is 4.57. The second-order valence-corrected chi connectivity index (χ2v) is 7.54. The van der Waals surface area contributed by atoms with Crippen molar-refractivity contribution in [2.45, 2.75) is 4.33 Å². The molecule has 0 radical (unpaired) electrons. The fraction of sp³-hybridized carbons (Fsp3) is 0.263. The number of halogens is 4. The van der Waals surface area contributed by atoms with Gasteiger partial charge in [-0.25, -0.2) is 18.4 Å². The quantitative estimate of drug-likeness (QED) is 0.519. The number of esters is 2. The smallest absolute Gasteiger partial charge is 0.338 e. The van der Waals surface area contributed by atoms with Crippen LogP contribution in [0.25, 0.3) is 0 Å². The van der Waals surface area contributed by atoms with Crippen LogP contribution in [0.15, 0.2) is 48.5 Å². The van der Waals surface area contributed by atoms with Gasteiger partial charge in [-0.3, -0.25) is 0 Å². The molecule has 27 heavy (non-hydrogen) atoms. The summed E-state index contributed by atoms with van der Waals surface area (Å²) in [5, 5.41) is 0. The highest BCUT2D eigenvalue weighted by Gasteiger charge is 2.64. The van der Waals surface area contributed by atoms with Gasteiger partial charge in [0, 0.05) is 11.8 Å². The first-order valence-electron chi connectivity index (χ1n) is 8.02. The molecule has 3 rings (SSSR count). The van der Waals surface area contributed by atoms with Gasteiger partial charge in [-0.1, -0.05) is 0 Å². The molecule has 1 aliphatic carbocycles. The Balaban J connectivity index is 1.49. The summed E-state index contributed by atoms with van der Waals surface area (Å²) in [4.78, 5) is 23.9. The van der Waals surface area contributed by atoms with Crippen LogP contribution in [0.3, 0.4) is 0 Å². The number of ether oxygens (including phenoxy) is 2. The van der Waals surface area contributed by atoms with Crippen molar-refractivity contribution in [2.75, 3.05) is 13.2 Å². The molecule has 0 saturated heterocycles. The van der Waals surface area contributed by atoms with Crippen molar-refractivity contribution in [2.24, 2.45) is 11.8 Å². The second-order valence-electron chi connectivity index (χ2n) is 6.10. The fourth-order valence-corrected chi connectivity index (χ4v) is 3.32. The Bertz CT molecular complexity index is 768. The Morgan fingerprint density at radius 2 is 1.11 bits per heavy atom. The molecule has 1 fully saturated rings. The van der Waals surface area contributed by atoms with Gasteiger partial charge < -0.3 is 9.47 Å². The Morgan fingerprint density at radius 1 is 0.778 bits per heavy atom. The minimum Gasteiger partial charge on any atom is -0.462 e. The maximum Gasteiger partial charge on any atom is 0.338 e. The second kappa shape index (κ2) is 7.82. The maximum atomic E-state index is 12.9. The zero-order valence-electron chi connectivity index (χ0n) is 13.8. The van der Waals surface area contributed by atoms with Crippen molar-refractivity contribution in [1.82, 2.24) is 0 Å². The topological polar surface area (TPSA) is 52.6 Å². The van der Waals surface area contributed by atoms with E-state index in [1.807, 2.05) is 0 Å². The Kier molecular flexibility index (Phi) is 5.67. The average Bonchev–Trinajstić information content (AvgIpc) is 3.18. The van der Waals surface area contributed by atoms with Gasteiger partial charge in [-0.05, 0) is 48.5 Å². The number of hydrogen-bond donors (Lipinski definition) is 0. The van der Waals surface area contributed by atoms with Gasteiger partial charge in [-0.2, -0.15) is 0 Å². The van der Waals surface area contributed by atoms with E-state index in [0.29, 0.717) is 0 Å². The van der Waals surface area contributed by atoms with Gasteiger partial charge in [0.1, 0.15) is 16.0 Å². The van der Waals surface area contributed by atoms with Gasteiger partial charge in [0.15, 0.2) is 0 Å². The Labute approximate surface area is 164 Å². The van der Waals surface area contributed by atoms with Crippen LogP contribution >= 0.6 is 23.2 Å². The lowest BCUT2D eigenvalue weighted by Gasteiger charge is -2.05. The minimum atomic E-state index is -1.19. The molecule has 0 heterocycles. The monoisotopic (exact) mass is 414 g/mol. The van der Waals surface area contributed by atoms with Crippen molar-refractivity contribution >= 4 is 35.1 Å². The number of alkyl halides is 2. The third-order valence-electron chi connectivity index (χ3n) is 4.31. The number of hydrogen-bond acceptors (Lipinski definition) is 4. The van der Waals surface area contributed by atoms with E-state index in [4.69, 9.17) is 32.7 Å². The molecule has 2 atom stereocenters. The molecule has 1 aliphatic rings. The van der Waals surface area contributed by atoms with Crippen LogP contribution in [0.1, 0.15) is 20.7 Å². The maximum absolute atomic E-state index is 12.9. The zero-order chi connectivity index (χ0) is 19.6. The molecule has 8 heteroatoms. The molecule has 0 unspecified atom stereocenters. The van der Waals surface area contributed by atoms with Crippen LogP contribution in [0.4, 0.5) is 8.78 Å². The highest BCUT2D eigenvalue weighted by atomic mass is 35.5. The third-order valence-corrected chi connectivity index (χ3v) is 5.43. The van der Waals surface area contributed by atoms with Crippen LogP contribution < -0.4 is 0 Å². The first-order chi connectivity index (χ1) is 12.8. The van der Waals surface area contributed by atoms with Gasteiger partial charge in [-0.15, -0.1) is 23.2 Å². The molecule has 2 aromatic rings. The molecule has 0 aromatic heterocycles. The summed E-state index contributed by atoms with van der Waals surface area (Å²) in [5.41, 5.74) is 0.400. The normalized spacial score (nSPS) is 20.0. The number of carbonyl (C=O) groups excluding carboxylic acids is 2. The summed E-state index contributed by atoms with van der Waals surface area (Å²) in [6.07, 6.45) is 0. The predicted octanol–water partition coefficient (Wildman–Crippen LogP) is 4.40. The van der Waals surface area contributed by atoms with Crippen LogP contribution in [0, 0.1) is 23.5 Å². The summed E-state index contributed by atoms with van der Waals surface area (Å²) >= 11 is 12.3. The lowest BCUT2D eigenvalue weighted by atomic mass is 10.2.